The molecule has 2 rings (SSSR count). The molecule has 1 aliphatic rings. The molecule has 0 bridgehead atoms. The molecule has 2 unspecified atom stereocenters. The molecular weight excluding hydrogens is 262 g/mol. The average molecular weight is 283 g/mol. The molecule has 106 valence electrons. The Balaban J connectivity index is 1.96. The van der Waals surface area contributed by atoms with Gasteiger partial charge in [-0.05, 0) is 37.6 Å². The quantitative estimate of drug-likeness (QED) is 0.901. The van der Waals surface area contributed by atoms with Crippen molar-refractivity contribution in [1.29, 1.82) is 0 Å². The Morgan fingerprint density at radius 3 is 2.53 bits per heavy atom. The van der Waals surface area contributed by atoms with Crippen LogP contribution in [0.2, 0.25) is 0 Å². The van der Waals surface area contributed by atoms with Crippen LogP contribution in [0.3, 0.4) is 0 Å². The lowest BCUT2D eigenvalue weighted by molar-refractivity contribution is 0.108. The zero-order valence-electron chi connectivity index (χ0n) is 11.4. The highest BCUT2D eigenvalue weighted by Crippen LogP contribution is 2.21. The van der Waals surface area contributed by atoms with Crippen molar-refractivity contribution in [1.82, 2.24) is 0 Å². The van der Waals surface area contributed by atoms with Crippen molar-refractivity contribution in [3.8, 4) is 0 Å². The van der Waals surface area contributed by atoms with Crippen LogP contribution in [0.15, 0.2) is 29.2 Å². The smallest absolute Gasteiger partial charge is 0.178 e. The van der Waals surface area contributed by atoms with E-state index in [0.29, 0.717) is 16.9 Å². The zero-order chi connectivity index (χ0) is 13.9. The van der Waals surface area contributed by atoms with E-state index in [0.717, 1.165) is 25.3 Å². The molecule has 1 saturated heterocycles. The molecule has 0 saturated carbocycles. The summed E-state index contributed by atoms with van der Waals surface area (Å²) in [7, 11) is -3.10. The third-order valence-corrected chi connectivity index (χ3v) is 5.45. The van der Waals surface area contributed by atoms with Gasteiger partial charge in [0.2, 0.25) is 0 Å². The summed E-state index contributed by atoms with van der Waals surface area (Å²) in [6.45, 7) is 5.45. The fraction of sp³-hybridized carbons (Fsp3) is 0.571. The molecule has 0 aromatic heterocycles. The molecule has 1 fully saturated rings. The number of sulfone groups is 1. The van der Waals surface area contributed by atoms with E-state index in [9.17, 15) is 8.42 Å². The second-order valence-corrected chi connectivity index (χ2v) is 7.21. The fourth-order valence-corrected chi connectivity index (χ4v) is 3.12. The minimum atomic E-state index is -3.10. The van der Waals surface area contributed by atoms with E-state index >= 15 is 0 Å². The predicted molar refractivity (Wildman–Crippen MR) is 76.2 cm³/mol. The molecule has 1 heterocycles. The highest BCUT2D eigenvalue weighted by atomic mass is 32.2. The number of benzene rings is 1. The summed E-state index contributed by atoms with van der Waals surface area (Å²) in [5, 5.41) is 3.34. The predicted octanol–water partition coefficient (Wildman–Crippen LogP) is 2.32. The van der Waals surface area contributed by atoms with Crippen molar-refractivity contribution >= 4 is 15.5 Å². The third-order valence-electron chi connectivity index (χ3n) is 3.70. The second-order valence-electron chi connectivity index (χ2n) is 4.93. The van der Waals surface area contributed by atoms with E-state index < -0.39 is 9.84 Å². The third kappa shape index (κ3) is 3.48. The molecule has 1 aliphatic heterocycles. The Bertz CT molecular complexity index is 510. The molecule has 5 heteroatoms. The summed E-state index contributed by atoms with van der Waals surface area (Å²) < 4.78 is 28.9. The number of rotatable bonds is 5. The van der Waals surface area contributed by atoms with Gasteiger partial charge in [-0.15, -0.1) is 0 Å². The molecule has 0 amide bonds. The largest absolute Gasteiger partial charge is 0.385 e. The Hall–Kier alpha value is -1.07. The number of hydrogen-bond acceptors (Lipinski definition) is 4. The first-order valence-electron chi connectivity index (χ1n) is 6.71. The Labute approximate surface area is 115 Å². The summed E-state index contributed by atoms with van der Waals surface area (Å²) in [5.74, 6) is 0.663. The lowest BCUT2D eigenvalue weighted by Gasteiger charge is -2.15. The van der Waals surface area contributed by atoms with Crippen LogP contribution in [0.4, 0.5) is 5.69 Å². The number of nitrogens with one attached hydrogen (secondary N) is 1. The molecule has 1 aromatic rings. The summed E-state index contributed by atoms with van der Waals surface area (Å²) >= 11 is 0. The summed E-state index contributed by atoms with van der Waals surface area (Å²) in [5.41, 5.74) is 0.953. The van der Waals surface area contributed by atoms with Gasteiger partial charge in [-0.3, -0.25) is 0 Å². The van der Waals surface area contributed by atoms with Gasteiger partial charge in [0.25, 0.3) is 0 Å². The SMILES string of the molecule is CCS(=O)(=O)c1ccc(NCC2CCOC2C)cc1. The Morgan fingerprint density at radius 2 is 2.00 bits per heavy atom. The lowest BCUT2D eigenvalue weighted by atomic mass is 10.0. The molecule has 0 radical (unpaired) electrons. The van der Waals surface area contributed by atoms with Gasteiger partial charge >= 0.3 is 0 Å². The lowest BCUT2D eigenvalue weighted by Crippen LogP contribution is -2.20. The maximum absolute atomic E-state index is 11.7. The maximum Gasteiger partial charge on any atom is 0.178 e. The molecule has 4 nitrogen and oxygen atoms in total. The molecule has 0 aliphatic carbocycles. The standard InChI is InChI=1S/C14H21NO3S/c1-3-19(16,17)14-6-4-13(5-7-14)15-10-12-8-9-18-11(12)2/h4-7,11-12,15H,3,8-10H2,1-2H3. The highest BCUT2D eigenvalue weighted by Gasteiger charge is 2.23. The van der Waals surface area contributed by atoms with E-state index in [4.69, 9.17) is 4.74 Å². The van der Waals surface area contributed by atoms with Gasteiger partial charge in [-0.2, -0.15) is 0 Å². The van der Waals surface area contributed by atoms with E-state index in [2.05, 4.69) is 12.2 Å². The monoisotopic (exact) mass is 283 g/mol. The van der Waals surface area contributed by atoms with Crippen LogP contribution >= 0.6 is 0 Å². The number of hydrogen-bond donors (Lipinski definition) is 1. The first-order chi connectivity index (χ1) is 9.03. The Morgan fingerprint density at radius 1 is 1.32 bits per heavy atom. The maximum atomic E-state index is 11.7. The van der Waals surface area contributed by atoms with Crippen LogP contribution in [0.5, 0.6) is 0 Å². The van der Waals surface area contributed by atoms with E-state index in [1.165, 1.54) is 0 Å². The molecule has 0 spiro atoms. The van der Waals surface area contributed by atoms with Gasteiger partial charge in [0.1, 0.15) is 0 Å². The summed E-state index contributed by atoms with van der Waals surface area (Å²) in [6.07, 6.45) is 1.38. The first kappa shape index (κ1) is 14.3. The van der Waals surface area contributed by atoms with Crippen molar-refractivity contribution < 1.29 is 13.2 Å². The normalized spacial score (nSPS) is 23.5. The minimum absolute atomic E-state index is 0.136. The second kappa shape index (κ2) is 5.92. The fourth-order valence-electron chi connectivity index (χ4n) is 2.24. The van der Waals surface area contributed by atoms with Crippen LogP contribution in [0.1, 0.15) is 20.3 Å². The van der Waals surface area contributed by atoms with E-state index in [-0.39, 0.29) is 5.75 Å². The Kier molecular flexibility index (Phi) is 4.47. The van der Waals surface area contributed by atoms with Crippen molar-refractivity contribution in [2.45, 2.75) is 31.3 Å². The molecule has 19 heavy (non-hydrogen) atoms. The summed E-state index contributed by atoms with van der Waals surface area (Å²) in [4.78, 5) is 0.387. The molecule has 2 atom stereocenters. The first-order valence-corrected chi connectivity index (χ1v) is 8.36. The zero-order valence-corrected chi connectivity index (χ0v) is 12.2. The van der Waals surface area contributed by atoms with Crippen LogP contribution < -0.4 is 5.32 Å². The summed E-state index contributed by atoms with van der Waals surface area (Å²) in [6, 6.07) is 6.97. The van der Waals surface area contributed by atoms with Crippen LogP contribution in [0, 0.1) is 5.92 Å². The minimum Gasteiger partial charge on any atom is -0.385 e. The topological polar surface area (TPSA) is 55.4 Å². The van der Waals surface area contributed by atoms with E-state index in [1.807, 2.05) is 12.1 Å². The van der Waals surface area contributed by atoms with Gasteiger partial charge in [-0.1, -0.05) is 6.92 Å². The van der Waals surface area contributed by atoms with Crippen molar-refractivity contribution in [2.24, 2.45) is 5.92 Å². The van der Waals surface area contributed by atoms with Gasteiger partial charge in [0, 0.05) is 24.8 Å². The van der Waals surface area contributed by atoms with Gasteiger partial charge < -0.3 is 10.1 Å². The molecule has 1 N–H and O–H groups in total. The van der Waals surface area contributed by atoms with E-state index in [1.54, 1.807) is 19.1 Å². The van der Waals surface area contributed by atoms with Gasteiger partial charge in [-0.25, -0.2) is 8.42 Å². The molecule has 1 aromatic carbocycles. The van der Waals surface area contributed by atoms with Crippen LogP contribution in [0.25, 0.3) is 0 Å². The average Bonchev–Trinajstić information content (AvgIpc) is 2.82. The molecular formula is C14H21NO3S. The van der Waals surface area contributed by atoms with Gasteiger partial charge in [0.05, 0.1) is 16.8 Å². The van der Waals surface area contributed by atoms with Crippen molar-refractivity contribution in [3.05, 3.63) is 24.3 Å². The number of ether oxygens (including phenoxy) is 1. The highest BCUT2D eigenvalue weighted by molar-refractivity contribution is 7.91. The van der Waals surface area contributed by atoms with Gasteiger partial charge in [0.15, 0.2) is 9.84 Å². The van der Waals surface area contributed by atoms with Crippen molar-refractivity contribution in [2.75, 3.05) is 24.2 Å². The van der Waals surface area contributed by atoms with Crippen LogP contribution in [-0.4, -0.2) is 33.4 Å². The number of anilines is 1. The van der Waals surface area contributed by atoms with Crippen LogP contribution in [-0.2, 0) is 14.6 Å². The van der Waals surface area contributed by atoms with Crippen molar-refractivity contribution in [3.63, 3.8) is 0 Å².